The molecule has 2 N–H and O–H groups in total. The van der Waals surface area contributed by atoms with Gasteiger partial charge in [0.1, 0.15) is 11.9 Å². The third-order valence-corrected chi connectivity index (χ3v) is 1.94. The van der Waals surface area contributed by atoms with Crippen LogP contribution in [-0.2, 0) is 4.79 Å². The zero-order chi connectivity index (χ0) is 12.0. The van der Waals surface area contributed by atoms with Crippen molar-refractivity contribution < 1.29 is 14.3 Å². The molecule has 0 fully saturated rings. The van der Waals surface area contributed by atoms with Crippen LogP contribution in [0.1, 0.15) is 18.4 Å². The van der Waals surface area contributed by atoms with E-state index in [1.807, 2.05) is 0 Å². The molecule has 0 radical (unpaired) electrons. The molecule has 4 nitrogen and oxygen atoms in total. The molecule has 1 rings (SSSR count). The standard InChI is InChI=1S/C11H11FN2O2/c12-9-3-4-10(8(6-9)7-13)14-11(16)2-1-5-15/h3-4,6,15H,1-2,5H2,(H,14,16). The minimum Gasteiger partial charge on any atom is -0.396 e. The molecule has 0 saturated carbocycles. The molecule has 0 aliphatic heterocycles. The Bertz CT molecular complexity index is 426. The van der Waals surface area contributed by atoms with Gasteiger partial charge in [-0.2, -0.15) is 5.26 Å². The van der Waals surface area contributed by atoms with Crippen LogP contribution < -0.4 is 5.32 Å². The molecule has 0 unspecified atom stereocenters. The highest BCUT2D eigenvalue weighted by molar-refractivity contribution is 5.92. The van der Waals surface area contributed by atoms with Gasteiger partial charge in [-0.15, -0.1) is 0 Å². The minimum absolute atomic E-state index is 0.0675. The molecule has 5 heteroatoms. The van der Waals surface area contributed by atoms with Crippen LogP contribution >= 0.6 is 0 Å². The van der Waals surface area contributed by atoms with Crippen molar-refractivity contribution in [1.29, 1.82) is 5.26 Å². The monoisotopic (exact) mass is 222 g/mol. The largest absolute Gasteiger partial charge is 0.396 e. The molecule has 0 saturated heterocycles. The van der Waals surface area contributed by atoms with Gasteiger partial charge in [0.25, 0.3) is 0 Å². The average Bonchev–Trinajstić information content (AvgIpc) is 2.28. The summed E-state index contributed by atoms with van der Waals surface area (Å²) in [5.74, 6) is -0.831. The van der Waals surface area contributed by atoms with Crippen molar-refractivity contribution in [2.45, 2.75) is 12.8 Å². The van der Waals surface area contributed by atoms with Gasteiger partial charge < -0.3 is 10.4 Å². The number of aliphatic hydroxyl groups excluding tert-OH is 1. The van der Waals surface area contributed by atoms with Gasteiger partial charge in [-0.05, 0) is 24.6 Å². The number of hydrogen-bond acceptors (Lipinski definition) is 3. The first-order chi connectivity index (χ1) is 7.67. The fourth-order valence-electron chi connectivity index (χ4n) is 1.17. The molecule has 0 aliphatic carbocycles. The summed E-state index contributed by atoms with van der Waals surface area (Å²) in [5.41, 5.74) is 0.365. The van der Waals surface area contributed by atoms with E-state index in [4.69, 9.17) is 10.4 Å². The predicted molar refractivity (Wildman–Crippen MR) is 56.1 cm³/mol. The van der Waals surface area contributed by atoms with E-state index in [1.54, 1.807) is 6.07 Å². The smallest absolute Gasteiger partial charge is 0.224 e. The topological polar surface area (TPSA) is 73.1 Å². The summed E-state index contributed by atoms with van der Waals surface area (Å²) in [6, 6.07) is 5.36. The second-order valence-electron chi connectivity index (χ2n) is 3.18. The summed E-state index contributed by atoms with van der Waals surface area (Å²) in [6.07, 6.45) is 0.521. The second kappa shape index (κ2) is 5.83. The van der Waals surface area contributed by atoms with Gasteiger partial charge in [0.15, 0.2) is 0 Å². The minimum atomic E-state index is -0.523. The molecular formula is C11H11FN2O2. The summed E-state index contributed by atoms with van der Waals surface area (Å²) in [6.45, 7) is -0.0675. The summed E-state index contributed by atoms with van der Waals surface area (Å²) in [4.78, 5) is 11.3. The molecule has 0 bridgehead atoms. The normalized spacial score (nSPS) is 9.56. The molecule has 1 aromatic carbocycles. The molecule has 0 aromatic heterocycles. The van der Waals surface area contributed by atoms with Crippen LogP contribution in [0.4, 0.5) is 10.1 Å². The SMILES string of the molecule is N#Cc1cc(F)ccc1NC(=O)CCCO. The maximum atomic E-state index is 12.8. The lowest BCUT2D eigenvalue weighted by Gasteiger charge is -2.06. The van der Waals surface area contributed by atoms with Crippen LogP contribution in [0, 0.1) is 17.1 Å². The molecule has 1 aromatic rings. The van der Waals surface area contributed by atoms with E-state index in [0.29, 0.717) is 6.42 Å². The number of nitrogens with one attached hydrogen (secondary N) is 1. The lowest BCUT2D eigenvalue weighted by atomic mass is 10.2. The van der Waals surface area contributed by atoms with Crippen molar-refractivity contribution in [3.05, 3.63) is 29.6 Å². The molecule has 84 valence electrons. The van der Waals surface area contributed by atoms with Gasteiger partial charge in [0.05, 0.1) is 11.3 Å². The van der Waals surface area contributed by atoms with Gasteiger partial charge in [-0.3, -0.25) is 4.79 Å². The number of nitrogens with zero attached hydrogens (tertiary/aromatic N) is 1. The number of amides is 1. The van der Waals surface area contributed by atoms with Crippen molar-refractivity contribution in [3.63, 3.8) is 0 Å². The van der Waals surface area contributed by atoms with Crippen molar-refractivity contribution in [3.8, 4) is 6.07 Å². The van der Waals surface area contributed by atoms with Crippen LogP contribution in [0.25, 0.3) is 0 Å². The third-order valence-electron chi connectivity index (χ3n) is 1.94. The van der Waals surface area contributed by atoms with Crippen molar-refractivity contribution in [2.75, 3.05) is 11.9 Å². The number of benzene rings is 1. The predicted octanol–water partition coefficient (Wildman–Crippen LogP) is 1.41. The van der Waals surface area contributed by atoms with Gasteiger partial charge in [-0.1, -0.05) is 0 Å². The summed E-state index contributed by atoms with van der Waals surface area (Å²) in [7, 11) is 0. The lowest BCUT2D eigenvalue weighted by molar-refractivity contribution is -0.116. The molecular weight excluding hydrogens is 211 g/mol. The van der Waals surface area contributed by atoms with Gasteiger partial charge in [0, 0.05) is 13.0 Å². The van der Waals surface area contributed by atoms with Crippen LogP contribution in [0.2, 0.25) is 0 Å². The third kappa shape index (κ3) is 3.33. The quantitative estimate of drug-likeness (QED) is 0.808. The highest BCUT2D eigenvalue weighted by atomic mass is 19.1. The van der Waals surface area contributed by atoms with Crippen LogP contribution in [0.5, 0.6) is 0 Å². The summed E-state index contributed by atoms with van der Waals surface area (Å²) < 4.78 is 12.8. The highest BCUT2D eigenvalue weighted by Gasteiger charge is 2.07. The first-order valence-corrected chi connectivity index (χ1v) is 4.77. The first-order valence-electron chi connectivity index (χ1n) is 4.77. The fraction of sp³-hybridized carbons (Fsp3) is 0.273. The first kappa shape index (κ1) is 12.1. The summed E-state index contributed by atoms with van der Waals surface area (Å²) >= 11 is 0. The number of carbonyl (C=O) groups excluding carboxylic acids is 1. The van der Waals surface area contributed by atoms with E-state index in [1.165, 1.54) is 12.1 Å². The van der Waals surface area contributed by atoms with Gasteiger partial charge in [-0.25, -0.2) is 4.39 Å². The van der Waals surface area contributed by atoms with E-state index in [-0.39, 0.29) is 30.2 Å². The Labute approximate surface area is 92.3 Å². The van der Waals surface area contributed by atoms with E-state index in [0.717, 1.165) is 6.07 Å². The fourth-order valence-corrected chi connectivity index (χ4v) is 1.17. The van der Waals surface area contributed by atoms with Crippen molar-refractivity contribution in [2.24, 2.45) is 0 Å². The second-order valence-corrected chi connectivity index (χ2v) is 3.18. The Morgan fingerprint density at radius 1 is 1.56 bits per heavy atom. The van der Waals surface area contributed by atoms with Crippen molar-refractivity contribution in [1.82, 2.24) is 0 Å². The van der Waals surface area contributed by atoms with Crippen LogP contribution in [0.15, 0.2) is 18.2 Å². The van der Waals surface area contributed by atoms with E-state index in [2.05, 4.69) is 5.32 Å². The van der Waals surface area contributed by atoms with Crippen LogP contribution in [0.3, 0.4) is 0 Å². The Morgan fingerprint density at radius 3 is 2.94 bits per heavy atom. The maximum absolute atomic E-state index is 12.8. The molecule has 1 amide bonds. The number of rotatable bonds is 4. The van der Waals surface area contributed by atoms with E-state index < -0.39 is 5.82 Å². The van der Waals surface area contributed by atoms with E-state index >= 15 is 0 Å². The lowest BCUT2D eigenvalue weighted by Crippen LogP contribution is -2.12. The number of halogens is 1. The highest BCUT2D eigenvalue weighted by Crippen LogP contribution is 2.16. The van der Waals surface area contributed by atoms with Crippen LogP contribution in [-0.4, -0.2) is 17.6 Å². The maximum Gasteiger partial charge on any atom is 0.224 e. The number of anilines is 1. The Balaban J connectivity index is 2.74. The molecule has 16 heavy (non-hydrogen) atoms. The number of carbonyl (C=O) groups is 1. The zero-order valence-electron chi connectivity index (χ0n) is 8.53. The molecule has 0 heterocycles. The molecule has 0 aliphatic rings. The Kier molecular flexibility index (Phi) is 4.42. The van der Waals surface area contributed by atoms with Gasteiger partial charge >= 0.3 is 0 Å². The number of nitriles is 1. The summed E-state index contributed by atoms with van der Waals surface area (Å²) in [5, 5.41) is 19.7. The Hall–Kier alpha value is -1.93. The van der Waals surface area contributed by atoms with Gasteiger partial charge in [0.2, 0.25) is 5.91 Å². The molecule has 0 atom stereocenters. The Morgan fingerprint density at radius 2 is 2.31 bits per heavy atom. The average molecular weight is 222 g/mol. The van der Waals surface area contributed by atoms with Crippen molar-refractivity contribution >= 4 is 11.6 Å². The van der Waals surface area contributed by atoms with E-state index in [9.17, 15) is 9.18 Å². The number of aliphatic hydroxyl groups is 1. The number of hydrogen-bond donors (Lipinski definition) is 2. The zero-order valence-corrected chi connectivity index (χ0v) is 8.53. The molecule has 0 spiro atoms.